The van der Waals surface area contributed by atoms with Crippen molar-refractivity contribution in [1.82, 2.24) is 10.2 Å². The minimum absolute atomic E-state index is 0.173. The number of halogens is 2. The van der Waals surface area contributed by atoms with Crippen LogP contribution in [0.5, 0.6) is 0 Å². The number of nitrogens with one attached hydrogen (secondary N) is 1. The Balaban J connectivity index is 2.70. The first kappa shape index (κ1) is 24.9. The summed E-state index contributed by atoms with van der Waals surface area (Å²) < 4.78 is 11.7. The van der Waals surface area contributed by atoms with Crippen LogP contribution in [0, 0.1) is 0 Å². The second-order valence-corrected chi connectivity index (χ2v) is 7.86. The zero-order valence-electron chi connectivity index (χ0n) is 16.9. The largest absolute Gasteiger partial charge is 0.388 e. The van der Waals surface area contributed by atoms with Crippen molar-refractivity contribution in [3.05, 3.63) is 23.3 Å². The lowest BCUT2D eigenvalue weighted by molar-refractivity contribution is -0.140. The molecule has 27 heavy (non-hydrogen) atoms. The fourth-order valence-electron chi connectivity index (χ4n) is 3.05. The molecule has 0 bridgehead atoms. The van der Waals surface area contributed by atoms with Crippen molar-refractivity contribution in [1.29, 1.82) is 0 Å². The van der Waals surface area contributed by atoms with E-state index in [0.29, 0.717) is 38.1 Å². The molecule has 0 radical (unpaired) electrons. The van der Waals surface area contributed by atoms with Crippen LogP contribution in [0.15, 0.2) is 23.3 Å². The first-order valence-corrected chi connectivity index (χ1v) is 10.8. The number of alkyl halides is 2. The Hall–Kier alpha value is -0.140. The maximum absolute atomic E-state index is 10.5. The third-order valence-electron chi connectivity index (χ3n) is 4.49. The molecule has 0 aliphatic carbocycles. The molecular formula is C20H36Cl2N2O3. The molecule has 2 N–H and O–H groups in total. The highest BCUT2D eigenvalue weighted by atomic mass is 35.5. The number of aliphatic hydroxyl groups is 1. The lowest BCUT2D eigenvalue weighted by atomic mass is 10.1. The third kappa shape index (κ3) is 10.3. The van der Waals surface area contributed by atoms with Crippen LogP contribution in [0.1, 0.15) is 40.0 Å². The molecular weight excluding hydrogens is 387 g/mol. The molecule has 7 heteroatoms. The first-order valence-electron chi connectivity index (χ1n) is 9.77. The van der Waals surface area contributed by atoms with Crippen molar-refractivity contribution in [2.45, 2.75) is 58.5 Å². The molecule has 158 valence electrons. The van der Waals surface area contributed by atoms with Gasteiger partial charge in [-0.15, -0.1) is 23.2 Å². The van der Waals surface area contributed by atoms with Gasteiger partial charge < -0.3 is 14.6 Å². The molecule has 1 heterocycles. The second kappa shape index (κ2) is 14.8. The van der Waals surface area contributed by atoms with Crippen molar-refractivity contribution < 1.29 is 14.6 Å². The topological polar surface area (TPSA) is 54.0 Å². The highest BCUT2D eigenvalue weighted by molar-refractivity contribution is 6.18. The number of ether oxygens (including phenoxy) is 2. The quantitative estimate of drug-likeness (QED) is 0.394. The smallest absolute Gasteiger partial charge is 0.114 e. The monoisotopic (exact) mass is 422 g/mol. The predicted molar refractivity (Wildman–Crippen MR) is 114 cm³/mol. The van der Waals surface area contributed by atoms with Gasteiger partial charge in [0.05, 0.1) is 26.0 Å². The summed E-state index contributed by atoms with van der Waals surface area (Å²) in [5.74, 6) is 0.933. The average Bonchev–Trinajstić information content (AvgIpc) is 2.61. The van der Waals surface area contributed by atoms with Gasteiger partial charge in [0.25, 0.3) is 0 Å². The van der Waals surface area contributed by atoms with E-state index < -0.39 is 6.10 Å². The molecule has 3 unspecified atom stereocenters. The standard InChI is InChI=1S/C20H36Cl2N2O3/c1-16(2)5-4-6-17(3)7-14-27-19-8-13-26-15-18(25)20(23-11-9-21)24(19)12-10-22/h5,7,18-20,23,25H,4,6,8-15H2,1-3H3/b17-7+. The molecule has 0 amide bonds. The first-order chi connectivity index (χ1) is 13.0. The molecule has 0 spiro atoms. The van der Waals surface area contributed by atoms with Gasteiger partial charge in [0.15, 0.2) is 0 Å². The van der Waals surface area contributed by atoms with Crippen LogP contribution >= 0.6 is 23.2 Å². The van der Waals surface area contributed by atoms with Gasteiger partial charge in [-0.3, -0.25) is 10.2 Å². The average molecular weight is 423 g/mol. The summed E-state index contributed by atoms with van der Waals surface area (Å²) in [6, 6.07) is 0. The van der Waals surface area contributed by atoms with Gasteiger partial charge in [0.1, 0.15) is 12.3 Å². The minimum atomic E-state index is -0.663. The molecule has 5 nitrogen and oxygen atoms in total. The van der Waals surface area contributed by atoms with Crippen LogP contribution in [0.3, 0.4) is 0 Å². The van der Waals surface area contributed by atoms with Crippen molar-refractivity contribution in [3.63, 3.8) is 0 Å². The van der Waals surface area contributed by atoms with Crippen molar-refractivity contribution in [2.24, 2.45) is 0 Å². The fraction of sp³-hybridized carbons (Fsp3) is 0.800. The Bertz CT molecular complexity index is 457. The molecule has 0 aromatic rings. The summed E-state index contributed by atoms with van der Waals surface area (Å²) in [7, 11) is 0. The van der Waals surface area contributed by atoms with E-state index in [4.69, 9.17) is 32.7 Å². The van der Waals surface area contributed by atoms with Crippen LogP contribution in [0.2, 0.25) is 0 Å². The summed E-state index contributed by atoms with van der Waals surface area (Å²) in [6.45, 7) is 8.95. The van der Waals surface area contributed by atoms with Gasteiger partial charge in [-0.1, -0.05) is 23.3 Å². The van der Waals surface area contributed by atoms with E-state index in [1.165, 1.54) is 11.1 Å². The molecule has 0 aromatic carbocycles. The SMILES string of the molecule is CC(C)=CCC/C(C)=C/COC1CCOCC(O)C(NCCCl)N1CCCl. The maximum atomic E-state index is 10.5. The van der Waals surface area contributed by atoms with Gasteiger partial charge in [0, 0.05) is 31.3 Å². The Morgan fingerprint density at radius 3 is 2.70 bits per heavy atom. The molecule has 1 rings (SSSR count). The fourth-order valence-corrected chi connectivity index (χ4v) is 3.36. The van der Waals surface area contributed by atoms with E-state index >= 15 is 0 Å². The van der Waals surface area contributed by atoms with Gasteiger partial charge in [-0.2, -0.15) is 0 Å². The summed E-state index contributed by atoms with van der Waals surface area (Å²) in [5.41, 5.74) is 2.66. The molecule has 1 fully saturated rings. The molecule has 3 atom stereocenters. The van der Waals surface area contributed by atoms with Crippen LogP contribution in [-0.4, -0.2) is 73.2 Å². The number of hydrogen-bond donors (Lipinski definition) is 2. The lowest BCUT2D eigenvalue weighted by Gasteiger charge is -2.41. The zero-order chi connectivity index (χ0) is 20.1. The summed E-state index contributed by atoms with van der Waals surface area (Å²) >= 11 is 11.8. The maximum Gasteiger partial charge on any atom is 0.114 e. The molecule has 1 aliphatic rings. The normalized spacial score (nSPS) is 25.1. The minimum Gasteiger partial charge on any atom is -0.388 e. The van der Waals surface area contributed by atoms with Gasteiger partial charge in [0.2, 0.25) is 0 Å². The van der Waals surface area contributed by atoms with E-state index in [1.807, 2.05) is 0 Å². The highest BCUT2D eigenvalue weighted by Gasteiger charge is 2.33. The van der Waals surface area contributed by atoms with E-state index in [-0.39, 0.29) is 19.0 Å². The summed E-state index contributed by atoms with van der Waals surface area (Å²) in [5, 5.41) is 13.8. The van der Waals surface area contributed by atoms with E-state index in [1.54, 1.807) is 0 Å². The molecule has 1 saturated heterocycles. The zero-order valence-corrected chi connectivity index (χ0v) is 18.4. The van der Waals surface area contributed by atoms with Crippen LogP contribution in [0.25, 0.3) is 0 Å². The Morgan fingerprint density at radius 2 is 2.04 bits per heavy atom. The molecule has 0 aromatic heterocycles. The van der Waals surface area contributed by atoms with Crippen molar-refractivity contribution in [2.75, 3.05) is 44.7 Å². The van der Waals surface area contributed by atoms with Gasteiger partial charge in [-0.25, -0.2) is 0 Å². The van der Waals surface area contributed by atoms with Crippen molar-refractivity contribution in [3.8, 4) is 0 Å². The highest BCUT2D eigenvalue weighted by Crippen LogP contribution is 2.17. The summed E-state index contributed by atoms with van der Waals surface area (Å²) in [6.07, 6.45) is 6.07. The Labute approximate surface area is 174 Å². The number of nitrogens with zero attached hydrogens (tertiary/aromatic N) is 1. The lowest BCUT2D eigenvalue weighted by Crippen LogP contribution is -2.60. The van der Waals surface area contributed by atoms with E-state index in [0.717, 1.165) is 19.3 Å². The number of hydrogen-bond acceptors (Lipinski definition) is 5. The summed E-state index contributed by atoms with van der Waals surface area (Å²) in [4.78, 5) is 2.10. The number of aliphatic hydroxyl groups excluding tert-OH is 1. The Kier molecular flexibility index (Phi) is 13.6. The third-order valence-corrected chi connectivity index (χ3v) is 4.85. The van der Waals surface area contributed by atoms with Crippen molar-refractivity contribution >= 4 is 23.2 Å². The Morgan fingerprint density at radius 1 is 1.26 bits per heavy atom. The van der Waals surface area contributed by atoms with Gasteiger partial charge in [-0.05, 0) is 33.6 Å². The van der Waals surface area contributed by atoms with Gasteiger partial charge >= 0.3 is 0 Å². The number of allylic oxidation sites excluding steroid dienone is 3. The van der Waals surface area contributed by atoms with E-state index in [2.05, 4.69) is 43.1 Å². The van der Waals surface area contributed by atoms with Crippen LogP contribution < -0.4 is 5.32 Å². The van der Waals surface area contributed by atoms with E-state index in [9.17, 15) is 5.11 Å². The second-order valence-electron chi connectivity index (χ2n) is 7.10. The van der Waals surface area contributed by atoms with Crippen LogP contribution in [0.4, 0.5) is 0 Å². The van der Waals surface area contributed by atoms with Crippen LogP contribution in [-0.2, 0) is 9.47 Å². The predicted octanol–water partition coefficient (Wildman–Crippen LogP) is 3.50. The molecule has 0 saturated carbocycles. The molecule has 1 aliphatic heterocycles. The number of rotatable bonds is 11.